The third-order valence-electron chi connectivity index (χ3n) is 6.43. The minimum Gasteiger partial charge on any atom is -0.355 e. The highest BCUT2D eigenvalue weighted by atomic mass is 35.5. The van der Waals surface area contributed by atoms with Gasteiger partial charge in [0.2, 0.25) is 11.8 Å². The van der Waals surface area contributed by atoms with Crippen molar-refractivity contribution in [2.75, 3.05) is 17.4 Å². The molecule has 0 heterocycles. The number of sulfonamides is 1. The van der Waals surface area contributed by atoms with Crippen molar-refractivity contribution in [2.45, 2.75) is 51.6 Å². The molecule has 10 heteroatoms. The van der Waals surface area contributed by atoms with Gasteiger partial charge in [0, 0.05) is 23.1 Å². The zero-order valence-corrected chi connectivity index (χ0v) is 24.8. The van der Waals surface area contributed by atoms with E-state index in [9.17, 15) is 18.0 Å². The fourth-order valence-corrected chi connectivity index (χ4v) is 6.08. The summed E-state index contributed by atoms with van der Waals surface area (Å²) < 4.78 is 29.0. The van der Waals surface area contributed by atoms with Crippen LogP contribution >= 0.6 is 23.2 Å². The molecule has 0 aliphatic heterocycles. The molecule has 0 aliphatic carbocycles. The molecule has 3 aromatic rings. The van der Waals surface area contributed by atoms with Crippen LogP contribution in [0.3, 0.4) is 0 Å². The molecular weight excluding hydrogens is 557 g/mol. The van der Waals surface area contributed by atoms with Crippen molar-refractivity contribution in [1.29, 1.82) is 0 Å². The van der Waals surface area contributed by atoms with E-state index in [1.54, 1.807) is 75.4 Å². The van der Waals surface area contributed by atoms with E-state index >= 15 is 0 Å². The average molecular weight is 591 g/mol. The Hall–Kier alpha value is -3.07. The van der Waals surface area contributed by atoms with Crippen LogP contribution in [0, 0.1) is 13.8 Å². The largest absolute Gasteiger partial charge is 0.355 e. The predicted octanol–water partition coefficient (Wildman–Crippen LogP) is 5.75. The Bertz CT molecular complexity index is 1430. The van der Waals surface area contributed by atoms with E-state index in [1.807, 2.05) is 6.92 Å². The maximum Gasteiger partial charge on any atom is 0.264 e. The summed E-state index contributed by atoms with van der Waals surface area (Å²) in [5, 5.41) is 3.59. The number of rotatable bonds is 11. The lowest BCUT2D eigenvalue weighted by Gasteiger charge is -2.33. The summed E-state index contributed by atoms with van der Waals surface area (Å²) in [7, 11) is -4.18. The molecule has 0 saturated carbocycles. The van der Waals surface area contributed by atoms with Crippen molar-refractivity contribution in [2.24, 2.45) is 0 Å². The molecule has 0 unspecified atom stereocenters. The molecule has 0 saturated heterocycles. The minimum atomic E-state index is -4.18. The van der Waals surface area contributed by atoms with Crippen LogP contribution in [0.2, 0.25) is 10.0 Å². The maximum absolute atomic E-state index is 14.0. The number of hydrogen-bond acceptors (Lipinski definition) is 4. The first-order chi connectivity index (χ1) is 18.5. The van der Waals surface area contributed by atoms with Crippen LogP contribution < -0.4 is 9.62 Å². The van der Waals surface area contributed by atoms with E-state index in [4.69, 9.17) is 23.2 Å². The molecule has 208 valence electrons. The Morgan fingerprint density at radius 1 is 0.897 bits per heavy atom. The Kier molecular flexibility index (Phi) is 10.4. The second-order valence-electron chi connectivity index (χ2n) is 9.14. The van der Waals surface area contributed by atoms with E-state index in [2.05, 4.69) is 5.32 Å². The first-order valence-electron chi connectivity index (χ1n) is 12.7. The van der Waals surface area contributed by atoms with Crippen molar-refractivity contribution in [3.63, 3.8) is 0 Å². The van der Waals surface area contributed by atoms with Crippen molar-refractivity contribution in [1.82, 2.24) is 10.2 Å². The molecule has 0 fully saturated rings. The number of halogens is 2. The number of carbonyl (C=O) groups excluding carboxylic acids is 2. The number of benzene rings is 3. The minimum absolute atomic E-state index is 0.0289. The summed E-state index contributed by atoms with van der Waals surface area (Å²) in [5.41, 5.74) is 2.33. The van der Waals surface area contributed by atoms with E-state index in [0.717, 1.165) is 9.87 Å². The van der Waals surface area contributed by atoms with Crippen LogP contribution in [0.5, 0.6) is 0 Å². The third-order valence-corrected chi connectivity index (χ3v) is 8.98. The molecule has 0 spiro atoms. The quantitative estimate of drug-likeness (QED) is 0.308. The number of aryl methyl sites for hydroxylation is 1. The number of nitrogens with one attached hydrogen (secondary N) is 1. The number of hydrogen-bond donors (Lipinski definition) is 1. The van der Waals surface area contributed by atoms with Crippen LogP contribution in [0.15, 0.2) is 71.6 Å². The van der Waals surface area contributed by atoms with Gasteiger partial charge >= 0.3 is 0 Å². The van der Waals surface area contributed by atoms with Gasteiger partial charge in [-0.15, -0.1) is 0 Å². The van der Waals surface area contributed by atoms with Crippen LogP contribution in [0.4, 0.5) is 5.69 Å². The lowest BCUT2D eigenvalue weighted by atomic mass is 10.1. The van der Waals surface area contributed by atoms with E-state index in [1.165, 1.54) is 17.0 Å². The van der Waals surface area contributed by atoms with E-state index in [-0.39, 0.29) is 23.0 Å². The fraction of sp³-hybridized carbons (Fsp3) is 0.310. The molecular formula is C29H33Cl2N3O4S. The monoisotopic (exact) mass is 589 g/mol. The first kappa shape index (κ1) is 30.5. The average Bonchev–Trinajstić information content (AvgIpc) is 2.90. The van der Waals surface area contributed by atoms with Crippen LogP contribution in [-0.2, 0) is 26.2 Å². The summed E-state index contributed by atoms with van der Waals surface area (Å²) in [6, 6.07) is 17.5. The number of amides is 2. The van der Waals surface area contributed by atoms with Crippen molar-refractivity contribution in [3.8, 4) is 0 Å². The van der Waals surface area contributed by atoms with Gasteiger partial charge in [-0.25, -0.2) is 8.42 Å². The molecule has 0 aromatic heterocycles. The third kappa shape index (κ3) is 7.12. The molecule has 2 amide bonds. The Morgan fingerprint density at radius 3 is 2.15 bits per heavy atom. The van der Waals surface area contributed by atoms with Crippen LogP contribution in [-0.4, -0.2) is 44.3 Å². The molecule has 39 heavy (non-hydrogen) atoms. The zero-order valence-electron chi connectivity index (χ0n) is 22.4. The lowest BCUT2D eigenvalue weighted by Crippen LogP contribution is -2.52. The van der Waals surface area contributed by atoms with Gasteiger partial charge in [-0.3, -0.25) is 13.9 Å². The summed E-state index contributed by atoms with van der Waals surface area (Å²) in [4.78, 5) is 28.5. The fourth-order valence-electron chi connectivity index (χ4n) is 4.24. The van der Waals surface area contributed by atoms with E-state index < -0.39 is 28.5 Å². The van der Waals surface area contributed by atoms with E-state index in [0.29, 0.717) is 34.1 Å². The van der Waals surface area contributed by atoms with Gasteiger partial charge < -0.3 is 10.2 Å². The molecule has 0 bridgehead atoms. The first-order valence-corrected chi connectivity index (χ1v) is 14.9. The standard InChI is InChI=1S/C29H33Cl2N3O4S/c1-5-26(29(36)32-6-2)33(18-22-10-7-8-11-25(22)31)28(35)19-34(27-13-9-12-24(30)21(27)4)39(37,38)23-16-14-20(3)15-17-23/h7-17,26H,5-6,18-19H2,1-4H3,(H,32,36)/t26-/m1/s1. The highest BCUT2D eigenvalue weighted by molar-refractivity contribution is 7.92. The van der Waals surface area contributed by atoms with Gasteiger partial charge in [0.05, 0.1) is 10.6 Å². The maximum atomic E-state index is 14.0. The normalized spacial score (nSPS) is 12.1. The Balaban J connectivity index is 2.12. The smallest absolute Gasteiger partial charge is 0.264 e. The van der Waals surface area contributed by atoms with Gasteiger partial charge in [0.15, 0.2) is 0 Å². The molecule has 3 rings (SSSR count). The lowest BCUT2D eigenvalue weighted by molar-refractivity contribution is -0.140. The Labute approximate surface area is 240 Å². The molecule has 0 radical (unpaired) electrons. The zero-order chi connectivity index (χ0) is 28.7. The Morgan fingerprint density at radius 2 is 1.54 bits per heavy atom. The van der Waals surface area contributed by atoms with Gasteiger partial charge in [-0.1, -0.05) is 72.1 Å². The number of anilines is 1. The van der Waals surface area contributed by atoms with Crippen molar-refractivity contribution >= 4 is 50.7 Å². The van der Waals surface area contributed by atoms with Crippen molar-refractivity contribution < 1.29 is 18.0 Å². The number of likely N-dealkylation sites (N-methyl/N-ethyl adjacent to an activating group) is 1. The molecule has 1 atom stereocenters. The second kappa shape index (κ2) is 13.3. The van der Waals surface area contributed by atoms with Crippen LogP contribution in [0.25, 0.3) is 0 Å². The topological polar surface area (TPSA) is 86.8 Å². The molecule has 3 aromatic carbocycles. The van der Waals surface area contributed by atoms with Crippen LogP contribution in [0.1, 0.15) is 37.0 Å². The molecule has 7 nitrogen and oxygen atoms in total. The summed E-state index contributed by atoms with van der Waals surface area (Å²) >= 11 is 12.8. The predicted molar refractivity (Wildman–Crippen MR) is 157 cm³/mol. The molecule has 1 N–H and O–H groups in total. The van der Waals surface area contributed by atoms with Gasteiger partial charge in [0.1, 0.15) is 12.6 Å². The van der Waals surface area contributed by atoms with Gasteiger partial charge in [0.25, 0.3) is 10.0 Å². The van der Waals surface area contributed by atoms with Gasteiger partial charge in [-0.05, 0) is 68.7 Å². The van der Waals surface area contributed by atoms with Crippen molar-refractivity contribution in [3.05, 3.63) is 93.5 Å². The highest BCUT2D eigenvalue weighted by Crippen LogP contribution is 2.31. The van der Waals surface area contributed by atoms with Gasteiger partial charge in [-0.2, -0.15) is 0 Å². The summed E-state index contributed by atoms with van der Waals surface area (Å²) in [6.45, 7) is 7.03. The summed E-state index contributed by atoms with van der Waals surface area (Å²) in [6.07, 6.45) is 0.322. The number of nitrogens with zero attached hydrogens (tertiary/aromatic N) is 2. The highest BCUT2D eigenvalue weighted by Gasteiger charge is 2.34. The second-order valence-corrected chi connectivity index (χ2v) is 11.8. The summed E-state index contributed by atoms with van der Waals surface area (Å²) in [5.74, 6) is -0.879. The molecule has 0 aliphatic rings. The number of carbonyl (C=O) groups is 2. The SMILES string of the molecule is CCNC(=O)[C@@H](CC)N(Cc1ccccc1Cl)C(=O)CN(c1cccc(Cl)c1C)S(=O)(=O)c1ccc(C)cc1.